The minimum absolute atomic E-state index is 0.0839. The molecular weight excluding hydrogens is 304 g/mol. The number of hydrogen-bond donors (Lipinski definition) is 0. The summed E-state index contributed by atoms with van der Waals surface area (Å²) in [7, 11) is 0. The molecule has 1 atom stereocenters. The molecule has 4 rings (SSSR count). The van der Waals surface area contributed by atoms with Gasteiger partial charge in [-0.1, -0.05) is 18.2 Å². The first kappa shape index (κ1) is 14.9. The highest BCUT2D eigenvalue weighted by atomic mass is 16.5. The van der Waals surface area contributed by atoms with E-state index in [0.29, 0.717) is 19.7 Å². The van der Waals surface area contributed by atoms with E-state index in [-0.39, 0.29) is 11.8 Å². The summed E-state index contributed by atoms with van der Waals surface area (Å²) in [5, 5.41) is 0. The number of piperazine rings is 1. The number of hydrogen-bond acceptors (Lipinski definition) is 5. The van der Waals surface area contributed by atoms with Crippen LogP contribution in [0.4, 0.5) is 5.95 Å². The van der Waals surface area contributed by atoms with Crippen LogP contribution in [0.2, 0.25) is 0 Å². The molecule has 6 nitrogen and oxygen atoms in total. The van der Waals surface area contributed by atoms with Gasteiger partial charge in [-0.05, 0) is 24.1 Å². The van der Waals surface area contributed by atoms with Crippen molar-refractivity contribution in [3.8, 4) is 5.75 Å². The fraction of sp³-hybridized carbons (Fsp3) is 0.389. The second-order valence-electron chi connectivity index (χ2n) is 6.18. The van der Waals surface area contributed by atoms with Gasteiger partial charge in [0.15, 0.2) is 0 Å². The number of fused-ring (bicyclic) bond motifs is 1. The summed E-state index contributed by atoms with van der Waals surface area (Å²) in [6.45, 7) is 3.40. The first-order chi connectivity index (χ1) is 11.8. The van der Waals surface area contributed by atoms with Gasteiger partial charge in [0.2, 0.25) is 11.9 Å². The topological polar surface area (TPSA) is 58.6 Å². The molecule has 6 heteroatoms. The van der Waals surface area contributed by atoms with Crippen LogP contribution in [0.15, 0.2) is 42.7 Å². The number of ether oxygens (including phenoxy) is 1. The lowest BCUT2D eigenvalue weighted by molar-refractivity contribution is -0.137. The van der Waals surface area contributed by atoms with Crippen molar-refractivity contribution in [3.05, 3.63) is 48.3 Å². The Kier molecular flexibility index (Phi) is 4.02. The number of benzene rings is 1. The predicted octanol–water partition coefficient (Wildman–Crippen LogP) is 1.38. The zero-order valence-electron chi connectivity index (χ0n) is 13.5. The van der Waals surface area contributed by atoms with Gasteiger partial charge in [0, 0.05) is 38.6 Å². The van der Waals surface area contributed by atoms with E-state index in [1.165, 1.54) is 0 Å². The molecular formula is C18H20N4O2. The smallest absolute Gasteiger partial charge is 0.229 e. The first-order valence-electron chi connectivity index (χ1n) is 8.33. The van der Waals surface area contributed by atoms with Crippen LogP contribution in [0.5, 0.6) is 5.75 Å². The molecule has 1 aromatic heterocycles. The first-order valence-corrected chi connectivity index (χ1v) is 8.33. The molecule has 0 spiro atoms. The van der Waals surface area contributed by atoms with Gasteiger partial charge >= 0.3 is 0 Å². The molecule has 2 aliphatic heterocycles. The average molecular weight is 324 g/mol. The van der Waals surface area contributed by atoms with Crippen LogP contribution in [-0.4, -0.2) is 53.6 Å². The highest BCUT2D eigenvalue weighted by molar-refractivity contribution is 5.80. The van der Waals surface area contributed by atoms with Crippen molar-refractivity contribution in [2.24, 2.45) is 5.92 Å². The Labute approximate surface area is 141 Å². The zero-order chi connectivity index (χ0) is 16.4. The number of nitrogens with zero attached hydrogens (tertiary/aromatic N) is 4. The second-order valence-corrected chi connectivity index (χ2v) is 6.18. The number of carbonyl (C=O) groups is 1. The minimum atomic E-state index is -0.0839. The molecule has 0 radical (unpaired) electrons. The van der Waals surface area contributed by atoms with Gasteiger partial charge < -0.3 is 14.5 Å². The lowest BCUT2D eigenvalue weighted by atomic mass is 9.95. The molecule has 124 valence electrons. The van der Waals surface area contributed by atoms with Crippen molar-refractivity contribution in [2.45, 2.75) is 6.42 Å². The van der Waals surface area contributed by atoms with Gasteiger partial charge in [0.1, 0.15) is 12.4 Å². The van der Waals surface area contributed by atoms with Crippen molar-refractivity contribution in [1.82, 2.24) is 14.9 Å². The van der Waals surface area contributed by atoms with Crippen molar-refractivity contribution in [1.29, 1.82) is 0 Å². The molecule has 2 aromatic rings. The molecule has 0 N–H and O–H groups in total. The quantitative estimate of drug-likeness (QED) is 0.835. The third-order valence-corrected chi connectivity index (χ3v) is 4.65. The lowest BCUT2D eigenvalue weighted by Crippen LogP contribution is -2.52. The molecule has 0 aliphatic carbocycles. The van der Waals surface area contributed by atoms with E-state index in [9.17, 15) is 4.79 Å². The molecule has 0 bridgehead atoms. The largest absolute Gasteiger partial charge is 0.492 e. The standard InChI is InChI=1S/C18H20N4O2/c23-17(15-12-14-4-1-2-5-16(14)24-13-15)21-8-10-22(11-9-21)18-19-6-3-7-20-18/h1-7,15H,8-13H2. The fourth-order valence-corrected chi connectivity index (χ4v) is 3.33. The Hall–Kier alpha value is -2.63. The van der Waals surface area contributed by atoms with Crippen molar-refractivity contribution >= 4 is 11.9 Å². The Morgan fingerprint density at radius 2 is 1.79 bits per heavy atom. The lowest BCUT2D eigenvalue weighted by Gasteiger charge is -2.37. The van der Waals surface area contributed by atoms with Crippen LogP contribution in [0.1, 0.15) is 5.56 Å². The highest BCUT2D eigenvalue weighted by Gasteiger charge is 2.31. The maximum Gasteiger partial charge on any atom is 0.229 e. The van der Waals surface area contributed by atoms with E-state index in [4.69, 9.17) is 4.74 Å². The van der Waals surface area contributed by atoms with Crippen LogP contribution < -0.4 is 9.64 Å². The van der Waals surface area contributed by atoms with E-state index >= 15 is 0 Å². The molecule has 1 unspecified atom stereocenters. The van der Waals surface area contributed by atoms with Gasteiger partial charge in [0.05, 0.1) is 5.92 Å². The summed E-state index contributed by atoms with van der Waals surface area (Å²) in [5.74, 6) is 1.75. The number of rotatable bonds is 2. The van der Waals surface area contributed by atoms with Crippen molar-refractivity contribution in [2.75, 3.05) is 37.7 Å². The number of amides is 1. The van der Waals surface area contributed by atoms with E-state index < -0.39 is 0 Å². The van der Waals surface area contributed by atoms with Gasteiger partial charge in [-0.3, -0.25) is 4.79 Å². The summed E-state index contributed by atoms with van der Waals surface area (Å²) < 4.78 is 5.76. The normalized spacial score (nSPS) is 20.2. The fourth-order valence-electron chi connectivity index (χ4n) is 3.33. The average Bonchev–Trinajstić information content (AvgIpc) is 2.68. The van der Waals surface area contributed by atoms with E-state index in [0.717, 1.165) is 36.8 Å². The molecule has 1 fully saturated rings. The SMILES string of the molecule is O=C(C1COc2ccccc2C1)N1CCN(c2ncccn2)CC1. The molecule has 2 aliphatic rings. The van der Waals surface area contributed by atoms with E-state index in [1.807, 2.05) is 35.2 Å². The van der Waals surface area contributed by atoms with Gasteiger partial charge in [-0.2, -0.15) is 0 Å². The monoisotopic (exact) mass is 324 g/mol. The molecule has 0 saturated carbocycles. The summed E-state index contributed by atoms with van der Waals surface area (Å²) in [6, 6.07) is 9.78. The Balaban J connectivity index is 1.37. The Bertz CT molecular complexity index is 714. The van der Waals surface area contributed by atoms with Gasteiger partial charge in [-0.25, -0.2) is 9.97 Å². The third kappa shape index (κ3) is 2.91. The summed E-state index contributed by atoms with van der Waals surface area (Å²) in [6.07, 6.45) is 4.25. The third-order valence-electron chi connectivity index (χ3n) is 4.65. The van der Waals surface area contributed by atoms with Crippen LogP contribution in [0.25, 0.3) is 0 Å². The van der Waals surface area contributed by atoms with Crippen LogP contribution in [0.3, 0.4) is 0 Å². The maximum atomic E-state index is 12.8. The molecule has 24 heavy (non-hydrogen) atoms. The van der Waals surface area contributed by atoms with Crippen LogP contribution >= 0.6 is 0 Å². The van der Waals surface area contributed by atoms with E-state index in [1.54, 1.807) is 12.4 Å². The molecule has 1 amide bonds. The van der Waals surface area contributed by atoms with Crippen molar-refractivity contribution < 1.29 is 9.53 Å². The molecule has 1 saturated heterocycles. The number of carbonyl (C=O) groups excluding carboxylic acids is 1. The summed E-state index contributed by atoms with van der Waals surface area (Å²) in [5.41, 5.74) is 1.12. The van der Waals surface area contributed by atoms with E-state index in [2.05, 4.69) is 14.9 Å². The number of aromatic nitrogens is 2. The predicted molar refractivity (Wildman–Crippen MR) is 90.0 cm³/mol. The Morgan fingerprint density at radius 3 is 2.58 bits per heavy atom. The summed E-state index contributed by atoms with van der Waals surface area (Å²) >= 11 is 0. The number of anilines is 1. The van der Waals surface area contributed by atoms with Crippen molar-refractivity contribution in [3.63, 3.8) is 0 Å². The Morgan fingerprint density at radius 1 is 1.04 bits per heavy atom. The highest BCUT2D eigenvalue weighted by Crippen LogP contribution is 2.28. The van der Waals surface area contributed by atoms with Gasteiger partial charge in [-0.15, -0.1) is 0 Å². The molecule has 3 heterocycles. The van der Waals surface area contributed by atoms with Crippen LogP contribution in [-0.2, 0) is 11.2 Å². The van der Waals surface area contributed by atoms with Crippen LogP contribution in [0, 0.1) is 5.92 Å². The number of para-hydroxylation sites is 1. The maximum absolute atomic E-state index is 12.8. The summed E-state index contributed by atoms with van der Waals surface area (Å²) in [4.78, 5) is 25.4. The zero-order valence-corrected chi connectivity index (χ0v) is 13.5. The second kappa shape index (κ2) is 6.47. The molecule has 1 aromatic carbocycles. The minimum Gasteiger partial charge on any atom is -0.492 e. The van der Waals surface area contributed by atoms with Gasteiger partial charge in [0.25, 0.3) is 0 Å².